The van der Waals surface area contributed by atoms with Gasteiger partial charge in [0.05, 0.1) is 39.3 Å². The van der Waals surface area contributed by atoms with E-state index in [1.807, 2.05) is 0 Å². The zero-order valence-corrected chi connectivity index (χ0v) is 21.4. The summed E-state index contributed by atoms with van der Waals surface area (Å²) in [4.78, 5) is 5.10. The van der Waals surface area contributed by atoms with Crippen LogP contribution in [0.1, 0.15) is 65.9 Å². The third kappa shape index (κ3) is 11.7. The molecular formula is C23H40F3N3O3S. The molecule has 6 nitrogen and oxygen atoms in total. The molecule has 10 heteroatoms. The van der Waals surface area contributed by atoms with Gasteiger partial charge in [-0.3, -0.25) is 14.4 Å². The fraction of sp³-hybridized carbons (Fsp3) is 0.696. The Morgan fingerprint density at radius 1 is 0.879 bits per heavy atom. The molecule has 0 amide bonds. The zero-order chi connectivity index (χ0) is 25.5. The van der Waals surface area contributed by atoms with Crippen molar-refractivity contribution in [3.63, 3.8) is 0 Å². The van der Waals surface area contributed by atoms with Crippen molar-refractivity contribution in [1.82, 2.24) is 9.80 Å². The summed E-state index contributed by atoms with van der Waals surface area (Å²) in [6, 6.07) is 10.9. The van der Waals surface area contributed by atoms with Crippen LogP contribution in [0.25, 0.3) is 0 Å². The first-order chi connectivity index (χ1) is 15.5. The lowest BCUT2D eigenvalue weighted by atomic mass is 10.2. The average molecular weight is 496 g/mol. The molecule has 1 aromatic carbocycles. The van der Waals surface area contributed by atoms with Gasteiger partial charge in [-0.1, -0.05) is 57.0 Å². The molecular weight excluding hydrogens is 455 g/mol. The van der Waals surface area contributed by atoms with E-state index in [2.05, 4.69) is 79.3 Å². The molecule has 0 heterocycles. The second-order valence-corrected chi connectivity index (χ2v) is 8.94. The lowest BCUT2D eigenvalue weighted by Crippen LogP contribution is -2.50. The van der Waals surface area contributed by atoms with Crippen LogP contribution in [0.5, 0.6) is 0 Å². The van der Waals surface area contributed by atoms with E-state index >= 15 is 0 Å². The Bertz CT molecular complexity index is 771. The number of halogens is 3. The highest BCUT2D eigenvalue weighted by Crippen LogP contribution is 2.20. The van der Waals surface area contributed by atoms with Gasteiger partial charge in [-0.25, -0.2) is 8.42 Å². The number of benzene rings is 1. The smallest absolute Gasteiger partial charge is 0.485 e. The molecule has 0 radical (unpaired) electrons. The Balaban J connectivity index is 0.00000109. The van der Waals surface area contributed by atoms with E-state index in [9.17, 15) is 13.2 Å². The van der Waals surface area contributed by atoms with Crippen LogP contribution < -0.4 is 0 Å². The van der Waals surface area contributed by atoms with Gasteiger partial charge in [-0.15, -0.1) is 0 Å². The van der Waals surface area contributed by atoms with Crippen molar-refractivity contribution in [3.05, 3.63) is 35.9 Å². The van der Waals surface area contributed by atoms with Crippen LogP contribution >= 0.6 is 0 Å². The van der Waals surface area contributed by atoms with E-state index in [0.29, 0.717) is 0 Å². The monoisotopic (exact) mass is 495 g/mol. The molecule has 33 heavy (non-hydrogen) atoms. The molecule has 0 aliphatic rings. The van der Waals surface area contributed by atoms with Gasteiger partial charge in [-0.2, -0.15) is 13.2 Å². The van der Waals surface area contributed by atoms with Crippen LogP contribution in [0.15, 0.2) is 30.3 Å². The molecule has 0 aliphatic carbocycles. The van der Waals surface area contributed by atoms with Crippen molar-refractivity contribution in [2.45, 2.75) is 72.4 Å². The second-order valence-electron chi connectivity index (χ2n) is 7.57. The van der Waals surface area contributed by atoms with Crippen molar-refractivity contribution >= 4 is 16.1 Å². The van der Waals surface area contributed by atoms with Crippen molar-refractivity contribution in [1.29, 1.82) is 0 Å². The van der Waals surface area contributed by atoms with Crippen LogP contribution in [-0.4, -0.2) is 71.5 Å². The Kier molecular flexibility index (Phi) is 15.1. The van der Waals surface area contributed by atoms with Gasteiger partial charge in [0.25, 0.3) is 0 Å². The van der Waals surface area contributed by atoms with Crippen molar-refractivity contribution in [3.8, 4) is 0 Å². The van der Waals surface area contributed by atoms with Gasteiger partial charge in [0.15, 0.2) is 10.1 Å². The molecule has 0 fully saturated rings. The average Bonchev–Trinajstić information content (AvgIpc) is 2.76. The van der Waals surface area contributed by atoms with Crippen LogP contribution in [0.2, 0.25) is 0 Å². The molecule has 192 valence electrons. The Morgan fingerprint density at radius 3 is 1.64 bits per heavy atom. The Hall–Kier alpha value is -1.81. The first-order valence-corrected chi connectivity index (χ1v) is 13.0. The predicted octanol–water partition coefficient (Wildman–Crippen LogP) is 4.87. The number of alkyl halides is 3. The van der Waals surface area contributed by atoms with Gasteiger partial charge < -0.3 is 4.55 Å². The molecule has 0 N–H and O–H groups in total. The van der Waals surface area contributed by atoms with Crippen LogP contribution in [0.4, 0.5) is 13.2 Å². The maximum absolute atomic E-state index is 10.7. The summed E-state index contributed by atoms with van der Waals surface area (Å²) in [7, 11) is -6.09. The standard InChI is InChI=1S/C22H40N3.CHF3O3S/c1-6-11-18-25(19-12-7-2)22(23(8-3)9-4)24(10-5)20-21-16-14-13-15-17-21;2-1(3,4)8(5,6)7/h13-17H,6-12,18-20H2,1-5H3;(H,5,6,7)/q+1;/p-1. The van der Waals surface area contributed by atoms with Crippen molar-refractivity contribution in [2.24, 2.45) is 0 Å². The minimum Gasteiger partial charge on any atom is -0.741 e. The van der Waals surface area contributed by atoms with Crippen LogP contribution in [0, 0.1) is 0 Å². The third-order valence-electron chi connectivity index (χ3n) is 5.06. The third-order valence-corrected chi connectivity index (χ3v) is 5.62. The lowest BCUT2D eigenvalue weighted by molar-refractivity contribution is -0.539. The number of hydrogen-bond acceptors (Lipinski definition) is 3. The summed E-state index contributed by atoms with van der Waals surface area (Å²) in [6.45, 7) is 17.9. The van der Waals surface area contributed by atoms with E-state index in [1.165, 1.54) is 37.2 Å². The largest absolute Gasteiger partial charge is 0.741 e. The highest BCUT2D eigenvalue weighted by atomic mass is 32.2. The molecule has 0 atom stereocenters. The number of guanidine groups is 1. The topological polar surface area (TPSA) is 66.7 Å². The first-order valence-electron chi connectivity index (χ1n) is 11.6. The fourth-order valence-corrected chi connectivity index (χ4v) is 3.24. The molecule has 0 spiro atoms. The number of rotatable bonds is 11. The molecule has 0 saturated carbocycles. The van der Waals surface area contributed by atoms with Gasteiger partial charge in [-0.05, 0) is 39.2 Å². The molecule has 1 aromatic rings. The van der Waals surface area contributed by atoms with Crippen molar-refractivity contribution < 1.29 is 30.7 Å². The van der Waals surface area contributed by atoms with E-state index in [0.717, 1.165) is 39.3 Å². The predicted molar refractivity (Wildman–Crippen MR) is 126 cm³/mol. The van der Waals surface area contributed by atoms with Gasteiger partial charge >= 0.3 is 11.5 Å². The maximum Gasteiger partial charge on any atom is 0.485 e. The Labute approximate surface area is 197 Å². The SMILES string of the molecule is CCCC[N+](CCCC)=C(N(CC)CC)N(CC)Cc1ccccc1.O=S(=O)([O-])C(F)(F)F. The van der Waals surface area contributed by atoms with Gasteiger partial charge in [0.1, 0.15) is 0 Å². The quantitative estimate of drug-likeness (QED) is 0.144. The number of unbranched alkanes of at least 4 members (excludes halogenated alkanes) is 2. The lowest BCUT2D eigenvalue weighted by Gasteiger charge is -2.29. The summed E-state index contributed by atoms with van der Waals surface area (Å²) in [5.74, 6) is 1.43. The van der Waals surface area contributed by atoms with E-state index in [1.54, 1.807) is 0 Å². The molecule has 0 bridgehead atoms. The Morgan fingerprint density at radius 2 is 1.30 bits per heavy atom. The number of nitrogens with zero attached hydrogens (tertiary/aromatic N) is 3. The van der Waals surface area contributed by atoms with Crippen LogP contribution in [0.3, 0.4) is 0 Å². The normalized spacial score (nSPS) is 11.4. The van der Waals surface area contributed by atoms with Gasteiger partial charge in [0, 0.05) is 0 Å². The molecule has 0 aromatic heterocycles. The second kappa shape index (κ2) is 15.9. The minimum absolute atomic E-state index is 0.984. The van der Waals surface area contributed by atoms with E-state index < -0.39 is 15.6 Å². The molecule has 0 aliphatic heterocycles. The van der Waals surface area contributed by atoms with E-state index in [-0.39, 0.29) is 0 Å². The summed E-state index contributed by atoms with van der Waals surface area (Å²) in [5.41, 5.74) is -4.26. The summed E-state index contributed by atoms with van der Waals surface area (Å²) in [5, 5.41) is 0. The highest BCUT2D eigenvalue weighted by Gasteiger charge is 2.37. The zero-order valence-electron chi connectivity index (χ0n) is 20.6. The molecule has 1 rings (SSSR count). The summed E-state index contributed by atoms with van der Waals surface area (Å²) >= 11 is 0. The molecule has 0 unspecified atom stereocenters. The van der Waals surface area contributed by atoms with Gasteiger partial charge in [0.2, 0.25) is 0 Å². The van der Waals surface area contributed by atoms with E-state index in [4.69, 9.17) is 13.0 Å². The van der Waals surface area contributed by atoms with Crippen LogP contribution in [-0.2, 0) is 16.7 Å². The molecule has 0 saturated heterocycles. The minimum atomic E-state index is -6.09. The summed E-state index contributed by atoms with van der Waals surface area (Å²) < 4.78 is 61.5. The first kappa shape index (κ1) is 31.2. The highest BCUT2D eigenvalue weighted by molar-refractivity contribution is 7.86. The maximum atomic E-state index is 10.7. The summed E-state index contributed by atoms with van der Waals surface area (Å²) in [6.07, 6.45) is 5.02. The van der Waals surface area contributed by atoms with Crippen molar-refractivity contribution in [2.75, 3.05) is 32.7 Å². The fourth-order valence-electron chi connectivity index (χ4n) is 3.24. The number of hydrogen-bond donors (Lipinski definition) is 0.